The predicted octanol–water partition coefficient (Wildman–Crippen LogP) is 2.98. The van der Waals surface area contributed by atoms with Gasteiger partial charge < -0.3 is 9.88 Å². The highest BCUT2D eigenvalue weighted by Crippen LogP contribution is 2.43. The Morgan fingerprint density at radius 1 is 1.29 bits per heavy atom. The van der Waals surface area contributed by atoms with Crippen LogP contribution in [0.3, 0.4) is 0 Å². The number of aryl methyl sites for hydroxylation is 1. The Balaban J connectivity index is 1.61. The number of aromatic nitrogens is 2. The molecule has 0 spiro atoms. The van der Waals surface area contributed by atoms with Gasteiger partial charge in [0.15, 0.2) is 0 Å². The third-order valence-corrected chi connectivity index (χ3v) is 5.22. The van der Waals surface area contributed by atoms with Crippen molar-refractivity contribution in [3.05, 3.63) is 66.0 Å². The molecule has 0 radical (unpaired) electrons. The lowest BCUT2D eigenvalue weighted by molar-refractivity contribution is -0.126. The van der Waals surface area contributed by atoms with Crippen molar-refractivity contribution in [3.63, 3.8) is 0 Å². The smallest absolute Gasteiger partial charge is 0.224 e. The van der Waals surface area contributed by atoms with Crippen LogP contribution < -0.4 is 5.32 Å². The molecule has 5 heteroatoms. The monoisotopic (exact) mass is 325 g/mol. The number of nitrogens with zero attached hydrogens (tertiary/aromatic N) is 2. The maximum absolute atomic E-state index is 13.3. The molecule has 4 nitrogen and oxygen atoms in total. The van der Waals surface area contributed by atoms with Crippen LogP contribution in [0.4, 0.5) is 4.39 Å². The second kappa shape index (κ2) is 5.89. The summed E-state index contributed by atoms with van der Waals surface area (Å²) < 4.78 is 15.2. The molecule has 1 amide bonds. The first-order valence-electron chi connectivity index (χ1n) is 8.33. The van der Waals surface area contributed by atoms with E-state index in [9.17, 15) is 9.18 Å². The standard InChI is InChI=1S/C19H20FN3O/c1-23-9-8-21-18(23)17(13-4-6-15(20)7-5-13)22-19(24)16-11-12-2-3-14(16)10-12/h2-9,12,14,16-17H,10-11H2,1H3,(H,22,24)/t12-,14+,16-,17-/m1/s1. The van der Waals surface area contributed by atoms with Crippen LogP contribution in [-0.2, 0) is 11.8 Å². The van der Waals surface area contributed by atoms with Crippen molar-refractivity contribution in [2.24, 2.45) is 24.8 Å². The Kier molecular flexibility index (Phi) is 3.71. The molecule has 2 aromatic rings. The van der Waals surface area contributed by atoms with Crippen LogP contribution in [0.5, 0.6) is 0 Å². The van der Waals surface area contributed by atoms with E-state index < -0.39 is 0 Å². The first-order valence-corrected chi connectivity index (χ1v) is 8.33. The summed E-state index contributed by atoms with van der Waals surface area (Å²) in [5, 5.41) is 3.14. The van der Waals surface area contributed by atoms with Gasteiger partial charge >= 0.3 is 0 Å². The molecule has 124 valence electrons. The van der Waals surface area contributed by atoms with Gasteiger partial charge in [0.2, 0.25) is 5.91 Å². The summed E-state index contributed by atoms with van der Waals surface area (Å²) in [5.41, 5.74) is 0.831. The van der Waals surface area contributed by atoms with E-state index in [1.165, 1.54) is 12.1 Å². The molecule has 2 aliphatic rings. The fourth-order valence-corrected chi connectivity index (χ4v) is 3.94. The second-order valence-corrected chi connectivity index (χ2v) is 6.78. The van der Waals surface area contributed by atoms with Crippen molar-refractivity contribution >= 4 is 5.91 Å². The van der Waals surface area contributed by atoms with Gasteiger partial charge in [0.05, 0.1) is 0 Å². The molecule has 4 rings (SSSR count). The van der Waals surface area contributed by atoms with Gasteiger partial charge in [-0.15, -0.1) is 0 Å². The minimum Gasteiger partial charge on any atom is -0.342 e. The lowest BCUT2D eigenvalue weighted by Gasteiger charge is -2.23. The van der Waals surface area contributed by atoms with Crippen LogP contribution in [-0.4, -0.2) is 15.5 Å². The Morgan fingerprint density at radius 2 is 2.08 bits per heavy atom. The normalized spacial score (nSPS) is 25.8. The molecule has 0 aliphatic heterocycles. The first kappa shape index (κ1) is 15.1. The predicted molar refractivity (Wildman–Crippen MR) is 88.4 cm³/mol. The Bertz CT molecular complexity index is 780. The van der Waals surface area contributed by atoms with Crippen LogP contribution in [0, 0.1) is 23.6 Å². The van der Waals surface area contributed by atoms with Crippen molar-refractivity contribution in [1.29, 1.82) is 0 Å². The molecular weight excluding hydrogens is 305 g/mol. The average Bonchev–Trinajstić information content (AvgIpc) is 3.30. The number of carbonyl (C=O) groups is 1. The molecule has 2 aliphatic carbocycles. The topological polar surface area (TPSA) is 46.9 Å². The van der Waals surface area contributed by atoms with Crippen molar-refractivity contribution in [2.45, 2.75) is 18.9 Å². The first-order chi connectivity index (χ1) is 11.6. The minimum absolute atomic E-state index is 0.0308. The summed E-state index contributed by atoms with van der Waals surface area (Å²) >= 11 is 0. The number of hydrogen-bond acceptors (Lipinski definition) is 2. The molecular formula is C19H20FN3O. The molecule has 1 aromatic heterocycles. The van der Waals surface area contributed by atoms with Crippen molar-refractivity contribution in [1.82, 2.24) is 14.9 Å². The zero-order valence-corrected chi connectivity index (χ0v) is 13.5. The molecule has 1 aromatic carbocycles. The fourth-order valence-electron chi connectivity index (χ4n) is 3.94. The maximum atomic E-state index is 13.3. The number of amides is 1. The molecule has 1 heterocycles. The highest BCUT2D eigenvalue weighted by Gasteiger charge is 2.40. The number of carbonyl (C=O) groups excluding carboxylic acids is 1. The molecule has 0 unspecified atom stereocenters. The highest BCUT2D eigenvalue weighted by atomic mass is 19.1. The van der Waals surface area contributed by atoms with Crippen LogP contribution in [0.2, 0.25) is 0 Å². The van der Waals surface area contributed by atoms with E-state index in [0.717, 1.165) is 24.2 Å². The summed E-state index contributed by atoms with van der Waals surface area (Å²) in [4.78, 5) is 17.2. The summed E-state index contributed by atoms with van der Waals surface area (Å²) in [6.07, 6.45) is 9.96. The lowest BCUT2D eigenvalue weighted by atomic mass is 9.92. The molecule has 1 N–H and O–H groups in total. The van der Waals surface area contributed by atoms with Crippen LogP contribution in [0.25, 0.3) is 0 Å². The van der Waals surface area contributed by atoms with E-state index in [-0.39, 0.29) is 23.7 Å². The number of allylic oxidation sites excluding steroid dienone is 2. The summed E-state index contributed by atoms with van der Waals surface area (Å²) in [5.74, 6) is 1.44. The van der Waals surface area contributed by atoms with Gasteiger partial charge in [0.25, 0.3) is 0 Å². The maximum Gasteiger partial charge on any atom is 0.224 e. The Labute approximate surface area is 140 Å². The third kappa shape index (κ3) is 2.64. The van der Waals surface area contributed by atoms with Gasteiger partial charge in [-0.1, -0.05) is 24.3 Å². The molecule has 1 fully saturated rings. The second-order valence-electron chi connectivity index (χ2n) is 6.78. The minimum atomic E-state index is -0.374. The van der Waals surface area contributed by atoms with Gasteiger partial charge in [-0.2, -0.15) is 0 Å². The van der Waals surface area contributed by atoms with E-state index in [1.54, 1.807) is 18.3 Å². The Hall–Kier alpha value is -2.43. The van der Waals surface area contributed by atoms with Crippen molar-refractivity contribution in [3.8, 4) is 0 Å². The quantitative estimate of drug-likeness (QED) is 0.879. The van der Waals surface area contributed by atoms with E-state index in [2.05, 4.69) is 22.5 Å². The number of hydrogen-bond donors (Lipinski definition) is 1. The number of fused-ring (bicyclic) bond motifs is 2. The summed E-state index contributed by atoms with van der Waals surface area (Å²) in [6.45, 7) is 0. The van der Waals surface area contributed by atoms with Gasteiger partial charge in [-0.05, 0) is 42.4 Å². The third-order valence-electron chi connectivity index (χ3n) is 5.22. The van der Waals surface area contributed by atoms with Crippen molar-refractivity contribution < 1.29 is 9.18 Å². The highest BCUT2D eigenvalue weighted by molar-refractivity contribution is 5.80. The number of nitrogens with one attached hydrogen (secondary N) is 1. The number of rotatable bonds is 4. The van der Waals surface area contributed by atoms with Gasteiger partial charge in [-0.3, -0.25) is 4.79 Å². The Morgan fingerprint density at radius 3 is 2.67 bits per heavy atom. The largest absolute Gasteiger partial charge is 0.342 e. The van der Waals surface area contributed by atoms with Gasteiger partial charge in [0, 0.05) is 25.4 Å². The van der Waals surface area contributed by atoms with E-state index in [1.807, 2.05) is 17.8 Å². The molecule has 24 heavy (non-hydrogen) atoms. The zero-order chi connectivity index (χ0) is 16.7. The fraction of sp³-hybridized carbons (Fsp3) is 0.368. The molecule has 0 saturated heterocycles. The number of halogens is 1. The number of benzene rings is 1. The van der Waals surface area contributed by atoms with Crippen LogP contribution in [0.1, 0.15) is 30.3 Å². The average molecular weight is 325 g/mol. The molecule has 4 atom stereocenters. The van der Waals surface area contributed by atoms with Crippen LogP contribution >= 0.6 is 0 Å². The van der Waals surface area contributed by atoms with E-state index in [0.29, 0.717) is 11.8 Å². The van der Waals surface area contributed by atoms with Crippen molar-refractivity contribution in [2.75, 3.05) is 0 Å². The van der Waals surface area contributed by atoms with Gasteiger partial charge in [-0.25, -0.2) is 9.37 Å². The summed E-state index contributed by atoms with van der Waals surface area (Å²) in [6, 6.07) is 5.86. The zero-order valence-electron chi connectivity index (χ0n) is 13.5. The molecule has 1 saturated carbocycles. The SMILES string of the molecule is Cn1ccnc1[C@H](NC(=O)[C@@H]1C[C@@H]2C=C[C@H]1C2)c1ccc(F)cc1. The lowest BCUT2D eigenvalue weighted by Crippen LogP contribution is -2.37. The summed E-state index contributed by atoms with van der Waals surface area (Å²) in [7, 11) is 1.89. The van der Waals surface area contributed by atoms with Crippen LogP contribution in [0.15, 0.2) is 48.8 Å². The van der Waals surface area contributed by atoms with E-state index >= 15 is 0 Å². The molecule has 2 bridgehead atoms. The van der Waals surface area contributed by atoms with Gasteiger partial charge in [0.1, 0.15) is 17.7 Å². The number of imidazole rings is 1. The van der Waals surface area contributed by atoms with E-state index in [4.69, 9.17) is 0 Å².